The van der Waals surface area contributed by atoms with Gasteiger partial charge in [-0.15, -0.1) is 0 Å². The van der Waals surface area contributed by atoms with Gasteiger partial charge in [-0.2, -0.15) is 5.10 Å². The Balaban J connectivity index is 1.83. The lowest BCUT2D eigenvalue weighted by Crippen LogP contribution is -2.52. The third-order valence-electron chi connectivity index (χ3n) is 3.62. The van der Waals surface area contributed by atoms with Crippen molar-refractivity contribution in [2.45, 2.75) is 6.04 Å². The van der Waals surface area contributed by atoms with Crippen LogP contribution in [0.25, 0.3) is 11.3 Å². The van der Waals surface area contributed by atoms with Gasteiger partial charge in [-0.25, -0.2) is 9.18 Å². The molecule has 0 aliphatic carbocycles. The van der Waals surface area contributed by atoms with Crippen molar-refractivity contribution in [1.82, 2.24) is 15.1 Å². The second-order valence-electron chi connectivity index (χ2n) is 5.10. The zero-order valence-corrected chi connectivity index (χ0v) is 12.0. The molecule has 3 rings (SSSR count). The standard InChI is InChI=1S/C15H14FN3O4/c16-10-3-1-9(2-4-10)11-7-12(18-17-11)14(20)19-5-6-23-8-13(19)15(21)22/h1-4,7,13H,5-6,8H2,(H,17,18)(H,21,22). The highest BCUT2D eigenvalue weighted by Gasteiger charge is 2.34. The highest BCUT2D eigenvalue weighted by molar-refractivity contribution is 5.96. The van der Waals surface area contributed by atoms with Crippen LogP contribution in [0, 0.1) is 5.82 Å². The van der Waals surface area contributed by atoms with Crippen LogP contribution in [0.1, 0.15) is 10.5 Å². The van der Waals surface area contributed by atoms with E-state index in [2.05, 4.69) is 10.2 Å². The summed E-state index contributed by atoms with van der Waals surface area (Å²) in [5.74, 6) is -1.93. The summed E-state index contributed by atoms with van der Waals surface area (Å²) < 4.78 is 18.1. The van der Waals surface area contributed by atoms with Gasteiger partial charge in [-0.05, 0) is 30.3 Å². The summed E-state index contributed by atoms with van der Waals surface area (Å²) >= 11 is 0. The molecule has 1 atom stereocenters. The maximum atomic E-state index is 12.9. The van der Waals surface area contributed by atoms with E-state index in [0.717, 1.165) is 0 Å². The Morgan fingerprint density at radius 3 is 2.78 bits per heavy atom. The van der Waals surface area contributed by atoms with Gasteiger partial charge in [0.15, 0.2) is 6.04 Å². The molecule has 1 unspecified atom stereocenters. The number of H-pyrrole nitrogens is 1. The minimum Gasteiger partial charge on any atom is -0.480 e. The Kier molecular flexibility index (Phi) is 4.07. The smallest absolute Gasteiger partial charge is 0.328 e. The number of hydrogen-bond acceptors (Lipinski definition) is 4. The van der Waals surface area contributed by atoms with Crippen LogP contribution in [-0.4, -0.2) is 57.9 Å². The SMILES string of the molecule is O=C(O)C1COCCN1C(=O)c1cc(-c2ccc(F)cc2)n[nH]1. The van der Waals surface area contributed by atoms with Crippen molar-refractivity contribution in [3.63, 3.8) is 0 Å². The number of ether oxygens (including phenoxy) is 1. The van der Waals surface area contributed by atoms with E-state index >= 15 is 0 Å². The molecule has 1 aromatic heterocycles. The van der Waals surface area contributed by atoms with Crippen molar-refractivity contribution in [3.8, 4) is 11.3 Å². The molecule has 0 bridgehead atoms. The Hall–Kier alpha value is -2.74. The normalized spacial score (nSPS) is 18.0. The molecule has 0 radical (unpaired) electrons. The summed E-state index contributed by atoms with van der Waals surface area (Å²) in [7, 11) is 0. The van der Waals surface area contributed by atoms with E-state index in [-0.39, 0.29) is 31.3 Å². The van der Waals surface area contributed by atoms with E-state index in [9.17, 15) is 19.1 Å². The van der Waals surface area contributed by atoms with Crippen LogP contribution in [0.3, 0.4) is 0 Å². The summed E-state index contributed by atoms with van der Waals surface area (Å²) in [5, 5.41) is 15.8. The van der Waals surface area contributed by atoms with Crippen LogP contribution in [0.4, 0.5) is 4.39 Å². The zero-order valence-electron chi connectivity index (χ0n) is 12.0. The molecule has 1 saturated heterocycles. The number of carbonyl (C=O) groups excluding carboxylic acids is 1. The largest absolute Gasteiger partial charge is 0.480 e. The molecule has 7 nitrogen and oxygen atoms in total. The van der Waals surface area contributed by atoms with Crippen LogP contribution in [0.5, 0.6) is 0 Å². The molecule has 0 saturated carbocycles. The topological polar surface area (TPSA) is 95.5 Å². The lowest BCUT2D eigenvalue weighted by atomic mass is 10.1. The molecule has 1 aliphatic heterocycles. The summed E-state index contributed by atoms with van der Waals surface area (Å²) in [6, 6.07) is 6.20. The lowest BCUT2D eigenvalue weighted by Gasteiger charge is -2.32. The van der Waals surface area contributed by atoms with Crippen molar-refractivity contribution in [3.05, 3.63) is 41.8 Å². The second kappa shape index (κ2) is 6.17. The van der Waals surface area contributed by atoms with Crippen molar-refractivity contribution < 1.29 is 23.8 Å². The van der Waals surface area contributed by atoms with Crippen LogP contribution in [-0.2, 0) is 9.53 Å². The molecule has 2 N–H and O–H groups in total. The van der Waals surface area contributed by atoms with Crippen LogP contribution in [0.2, 0.25) is 0 Å². The Labute approximate surface area is 130 Å². The van der Waals surface area contributed by atoms with Crippen molar-refractivity contribution in [1.29, 1.82) is 0 Å². The predicted octanol–water partition coefficient (Wildman–Crippen LogP) is 1.14. The number of halogens is 1. The number of carbonyl (C=O) groups is 2. The van der Waals surface area contributed by atoms with E-state index in [4.69, 9.17) is 4.74 Å². The number of carboxylic acids is 1. The number of aromatic amines is 1. The maximum Gasteiger partial charge on any atom is 0.328 e. The first-order valence-corrected chi connectivity index (χ1v) is 6.99. The molecular formula is C15H14FN3O4. The molecule has 1 amide bonds. The Bertz CT molecular complexity index is 729. The second-order valence-corrected chi connectivity index (χ2v) is 5.10. The molecule has 120 valence electrons. The van der Waals surface area contributed by atoms with Gasteiger partial charge in [0.1, 0.15) is 11.5 Å². The van der Waals surface area contributed by atoms with Gasteiger partial charge in [0.2, 0.25) is 0 Å². The number of rotatable bonds is 3. The van der Waals surface area contributed by atoms with Gasteiger partial charge in [0, 0.05) is 12.1 Å². The van der Waals surface area contributed by atoms with Crippen molar-refractivity contribution in [2.75, 3.05) is 19.8 Å². The monoisotopic (exact) mass is 319 g/mol. The molecule has 1 aliphatic rings. The van der Waals surface area contributed by atoms with Crippen molar-refractivity contribution in [2.24, 2.45) is 0 Å². The summed E-state index contributed by atoms with van der Waals surface area (Å²) in [6.07, 6.45) is 0. The molecular weight excluding hydrogens is 305 g/mol. The zero-order chi connectivity index (χ0) is 16.4. The Morgan fingerprint density at radius 1 is 1.35 bits per heavy atom. The summed E-state index contributed by atoms with van der Waals surface area (Å²) in [6.45, 7) is 0.440. The van der Waals surface area contributed by atoms with Crippen LogP contribution in [0.15, 0.2) is 30.3 Å². The van der Waals surface area contributed by atoms with Gasteiger partial charge < -0.3 is 14.7 Å². The molecule has 2 aromatic rings. The lowest BCUT2D eigenvalue weighted by molar-refractivity contribution is -0.147. The third kappa shape index (κ3) is 3.07. The van der Waals surface area contributed by atoms with E-state index < -0.39 is 17.9 Å². The molecule has 0 spiro atoms. The van der Waals surface area contributed by atoms with Gasteiger partial charge in [-0.3, -0.25) is 9.89 Å². The number of morpholine rings is 1. The number of amides is 1. The number of nitrogens with one attached hydrogen (secondary N) is 1. The highest BCUT2D eigenvalue weighted by Crippen LogP contribution is 2.20. The van der Waals surface area contributed by atoms with E-state index in [1.54, 1.807) is 12.1 Å². The third-order valence-corrected chi connectivity index (χ3v) is 3.62. The van der Waals surface area contributed by atoms with Crippen molar-refractivity contribution >= 4 is 11.9 Å². The van der Waals surface area contributed by atoms with Gasteiger partial charge in [0.05, 0.1) is 18.9 Å². The van der Waals surface area contributed by atoms with Crippen LogP contribution < -0.4 is 0 Å². The predicted molar refractivity (Wildman–Crippen MR) is 77.3 cm³/mol. The number of nitrogens with zero attached hydrogens (tertiary/aromatic N) is 2. The maximum absolute atomic E-state index is 12.9. The highest BCUT2D eigenvalue weighted by atomic mass is 19.1. The van der Waals surface area contributed by atoms with Gasteiger partial charge in [-0.1, -0.05) is 0 Å². The average Bonchev–Trinajstić information content (AvgIpc) is 3.04. The fourth-order valence-electron chi connectivity index (χ4n) is 2.41. The molecule has 1 aromatic carbocycles. The first-order chi connectivity index (χ1) is 11.1. The Morgan fingerprint density at radius 2 is 2.09 bits per heavy atom. The molecule has 23 heavy (non-hydrogen) atoms. The number of aromatic nitrogens is 2. The number of aliphatic carboxylic acids is 1. The quantitative estimate of drug-likeness (QED) is 0.884. The fourth-order valence-corrected chi connectivity index (χ4v) is 2.41. The van der Waals surface area contributed by atoms with E-state index in [1.165, 1.54) is 23.1 Å². The molecule has 8 heteroatoms. The van der Waals surface area contributed by atoms with Gasteiger partial charge in [0.25, 0.3) is 5.91 Å². The number of hydrogen-bond donors (Lipinski definition) is 2. The first kappa shape index (κ1) is 15.2. The molecule has 2 heterocycles. The van der Waals surface area contributed by atoms with E-state index in [0.29, 0.717) is 11.3 Å². The summed E-state index contributed by atoms with van der Waals surface area (Å²) in [4.78, 5) is 25.0. The van der Waals surface area contributed by atoms with Gasteiger partial charge >= 0.3 is 5.97 Å². The molecule has 1 fully saturated rings. The average molecular weight is 319 g/mol. The minimum absolute atomic E-state index is 0.0416. The van der Waals surface area contributed by atoms with Crippen LogP contribution >= 0.6 is 0 Å². The number of carboxylic acid groups (broad SMARTS) is 1. The number of benzene rings is 1. The first-order valence-electron chi connectivity index (χ1n) is 6.99. The van der Waals surface area contributed by atoms with E-state index in [1.807, 2.05) is 0 Å². The minimum atomic E-state index is -1.11. The fraction of sp³-hybridized carbons (Fsp3) is 0.267. The summed E-state index contributed by atoms with van der Waals surface area (Å²) in [5.41, 5.74) is 1.31.